The molecule has 1 N–H and O–H groups in total. The van der Waals surface area contributed by atoms with E-state index in [1.54, 1.807) is 12.1 Å². The molecule has 0 aromatic carbocycles. The van der Waals surface area contributed by atoms with E-state index in [0.29, 0.717) is 0 Å². The maximum absolute atomic E-state index is 12.1. The molecule has 0 spiro atoms. The molecule has 1 aromatic rings. The molecule has 0 aliphatic carbocycles. The normalized spacial score (nSPS) is 12.1. The van der Waals surface area contributed by atoms with Crippen molar-refractivity contribution >= 4 is 11.8 Å². The summed E-state index contributed by atoms with van der Waals surface area (Å²) in [6.45, 7) is 5.50. The van der Waals surface area contributed by atoms with Gasteiger partial charge in [-0.15, -0.1) is 5.10 Å². The zero-order chi connectivity index (χ0) is 16.3. The van der Waals surface area contributed by atoms with Crippen LogP contribution in [0.1, 0.15) is 32.9 Å². The van der Waals surface area contributed by atoms with Crippen molar-refractivity contribution in [3.05, 3.63) is 17.8 Å². The molecule has 8 heteroatoms. The SMILES string of the molecule is CN(CCC(F)(F)F)C(=O)Nc1ccc(C(C)(C)C)nn1. The predicted octanol–water partition coefficient (Wildman–Crippen LogP) is 3.19. The molecule has 1 aromatic heterocycles. The van der Waals surface area contributed by atoms with Gasteiger partial charge in [0, 0.05) is 19.0 Å². The Balaban J connectivity index is 2.58. The maximum Gasteiger partial charge on any atom is 0.390 e. The highest BCUT2D eigenvalue weighted by Gasteiger charge is 2.28. The van der Waals surface area contributed by atoms with Crippen LogP contribution in [0, 0.1) is 0 Å². The van der Waals surface area contributed by atoms with E-state index in [9.17, 15) is 18.0 Å². The van der Waals surface area contributed by atoms with E-state index in [1.165, 1.54) is 7.05 Å². The third kappa shape index (κ3) is 5.97. The molecule has 0 fully saturated rings. The van der Waals surface area contributed by atoms with Crippen LogP contribution in [0.15, 0.2) is 12.1 Å². The number of hydrogen-bond acceptors (Lipinski definition) is 3. The van der Waals surface area contributed by atoms with Gasteiger partial charge in [-0.05, 0) is 12.1 Å². The van der Waals surface area contributed by atoms with Gasteiger partial charge in [0.2, 0.25) is 0 Å². The zero-order valence-electron chi connectivity index (χ0n) is 12.5. The minimum Gasteiger partial charge on any atom is -0.327 e. The largest absolute Gasteiger partial charge is 0.390 e. The Hall–Kier alpha value is -1.86. The first-order valence-corrected chi connectivity index (χ1v) is 6.42. The van der Waals surface area contributed by atoms with Crippen LogP contribution in [0.3, 0.4) is 0 Å². The molecule has 0 saturated carbocycles. The second kappa shape index (κ2) is 6.28. The van der Waals surface area contributed by atoms with Crippen LogP contribution in [0.2, 0.25) is 0 Å². The first kappa shape index (κ1) is 17.2. The fraction of sp³-hybridized carbons (Fsp3) is 0.615. The molecule has 0 unspecified atom stereocenters. The number of nitrogens with zero attached hydrogens (tertiary/aromatic N) is 3. The van der Waals surface area contributed by atoms with Gasteiger partial charge in [-0.1, -0.05) is 20.8 Å². The van der Waals surface area contributed by atoms with Crippen molar-refractivity contribution in [3.8, 4) is 0 Å². The summed E-state index contributed by atoms with van der Waals surface area (Å²) in [5.41, 5.74) is 0.588. The van der Waals surface area contributed by atoms with E-state index in [4.69, 9.17) is 0 Å². The van der Waals surface area contributed by atoms with Crippen molar-refractivity contribution in [2.45, 2.75) is 38.8 Å². The van der Waals surface area contributed by atoms with Gasteiger partial charge >= 0.3 is 12.2 Å². The average molecular weight is 304 g/mol. The molecule has 118 valence electrons. The second-order valence-electron chi connectivity index (χ2n) is 5.77. The highest BCUT2D eigenvalue weighted by molar-refractivity contribution is 5.87. The van der Waals surface area contributed by atoms with Crippen LogP contribution in [0.5, 0.6) is 0 Å². The molecule has 0 aliphatic rings. The minimum absolute atomic E-state index is 0.168. The highest BCUT2D eigenvalue weighted by Crippen LogP contribution is 2.20. The summed E-state index contributed by atoms with van der Waals surface area (Å²) < 4.78 is 36.2. The second-order valence-corrected chi connectivity index (χ2v) is 5.77. The molecule has 2 amide bonds. The summed E-state index contributed by atoms with van der Waals surface area (Å²) in [5, 5.41) is 10.2. The molecule has 1 heterocycles. The molecule has 0 saturated heterocycles. The lowest BCUT2D eigenvalue weighted by Gasteiger charge is -2.19. The van der Waals surface area contributed by atoms with Gasteiger partial charge in [-0.2, -0.15) is 18.3 Å². The minimum atomic E-state index is -4.29. The number of alkyl halides is 3. The molecule has 21 heavy (non-hydrogen) atoms. The molecule has 5 nitrogen and oxygen atoms in total. The average Bonchev–Trinajstić information content (AvgIpc) is 2.34. The lowest BCUT2D eigenvalue weighted by molar-refractivity contribution is -0.135. The number of carbonyl (C=O) groups excluding carboxylic acids is 1. The first-order chi connectivity index (χ1) is 9.49. The number of carbonyl (C=O) groups is 1. The van der Waals surface area contributed by atoms with E-state index in [2.05, 4.69) is 15.5 Å². The van der Waals surface area contributed by atoms with Crippen LogP contribution in [0.25, 0.3) is 0 Å². The molecule has 1 rings (SSSR count). The van der Waals surface area contributed by atoms with Crippen molar-refractivity contribution in [3.63, 3.8) is 0 Å². The summed E-state index contributed by atoms with van der Waals surface area (Å²) in [6, 6.07) is 2.64. The van der Waals surface area contributed by atoms with Crippen molar-refractivity contribution in [2.75, 3.05) is 18.9 Å². The zero-order valence-corrected chi connectivity index (χ0v) is 12.5. The number of aromatic nitrogens is 2. The van der Waals surface area contributed by atoms with Gasteiger partial charge in [0.05, 0.1) is 12.1 Å². The van der Waals surface area contributed by atoms with Crippen LogP contribution in [-0.2, 0) is 5.41 Å². The highest BCUT2D eigenvalue weighted by atomic mass is 19.4. The Morgan fingerprint density at radius 3 is 2.29 bits per heavy atom. The van der Waals surface area contributed by atoms with Crippen molar-refractivity contribution in [2.24, 2.45) is 0 Å². The van der Waals surface area contributed by atoms with Crippen molar-refractivity contribution in [1.29, 1.82) is 0 Å². The van der Waals surface area contributed by atoms with E-state index in [1.807, 2.05) is 20.8 Å². The van der Waals surface area contributed by atoms with E-state index in [0.717, 1.165) is 10.6 Å². The number of hydrogen-bond donors (Lipinski definition) is 1. The molecule has 0 bridgehead atoms. The van der Waals surface area contributed by atoms with Gasteiger partial charge in [0.15, 0.2) is 5.82 Å². The van der Waals surface area contributed by atoms with Crippen LogP contribution in [0.4, 0.5) is 23.8 Å². The summed E-state index contributed by atoms with van der Waals surface area (Å²) in [6.07, 6.45) is -5.34. The Kier molecular flexibility index (Phi) is 5.14. The number of halogens is 3. The van der Waals surface area contributed by atoms with Gasteiger partial charge in [-0.3, -0.25) is 5.32 Å². The number of nitrogens with one attached hydrogen (secondary N) is 1. The Morgan fingerprint density at radius 1 is 1.24 bits per heavy atom. The molecular weight excluding hydrogens is 285 g/mol. The first-order valence-electron chi connectivity index (χ1n) is 6.42. The number of rotatable bonds is 3. The van der Waals surface area contributed by atoms with Gasteiger partial charge < -0.3 is 4.90 Å². The standard InChI is InChI=1S/C13H19F3N4O/c1-12(2,3)9-5-6-10(19-18-9)17-11(21)20(4)8-7-13(14,15)16/h5-6H,7-8H2,1-4H3,(H,17,19,21). The third-order valence-corrected chi connectivity index (χ3v) is 2.75. The Labute approximate surface area is 121 Å². The van der Waals surface area contributed by atoms with Gasteiger partial charge in [0.1, 0.15) is 0 Å². The summed E-state index contributed by atoms with van der Waals surface area (Å²) in [5.74, 6) is 0.201. The van der Waals surface area contributed by atoms with Crippen molar-refractivity contribution < 1.29 is 18.0 Å². The molecule has 0 atom stereocenters. The lowest BCUT2D eigenvalue weighted by atomic mass is 9.92. The number of anilines is 1. The Morgan fingerprint density at radius 2 is 1.86 bits per heavy atom. The molecule has 0 aliphatic heterocycles. The van der Waals surface area contributed by atoms with Crippen LogP contribution >= 0.6 is 0 Å². The Bertz CT molecular complexity index is 480. The van der Waals surface area contributed by atoms with Crippen LogP contribution in [-0.4, -0.2) is 40.9 Å². The van der Waals surface area contributed by atoms with Gasteiger partial charge in [-0.25, -0.2) is 4.79 Å². The lowest BCUT2D eigenvalue weighted by Crippen LogP contribution is -2.34. The molecular formula is C13H19F3N4O. The van der Waals surface area contributed by atoms with Crippen molar-refractivity contribution in [1.82, 2.24) is 15.1 Å². The monoisotopic (exact) mass is 304 g/mol. The fourth-order valence-corrected chi connectivity index (χ4v) is 1.40. The smallest absolute Gasteiger partial charge is 0.327 e. The quantitative estimate of drug-likeness (QED) is 0.933. The number of urea groups is 1. The summed E-state index contributed by atoms with van der Waals surface area (Å²) in [7, 11) is 1.29. The summed E-state index contributed by atoms with van der Waals surface area (Å²) >= 11 is 0. The maximum atomic E-state index is 12.1. The van der Waals surface area contributed by atoms with E-state index in [-0.39, 0.29) is 11.2 Å². The molecule has 0 radical (unpaired) electrons. The fourth-order valence-electron chi connectivity index (χ4n) is 1.40. The predicted molar refractivity (Wildman–Crippen MR) is 73.1 cm³/mol. The number of amides is 2. The van der Waals surface area contributed by atoms with Crippen LogP contribution < -0.4 is 5.32 Å². The summed E-state index contributed by atoms with van der Waals surface area (Å²) in [4.78, 5) is 12.6. The third-order valence-electron chi connectivity index (χ3n) is 2.75. The van der Waals surface area contributed by atoms with Gasteiger partial charge in [0.25, 0.3) is 0 Å². The topological polar surface area (TPSA) is 58.1 Å². The van der Waals surface area contributed by atoms with E-state index < -0.39 is 25.2 Å². The van der Waals surface area contributed by atoms with E-state index >= 15 is 0 Å².